The number of aliphatic hydroxyl groups excluding tert-OH is 2. The van der Waals surface area contributed by atoms with Crippen LogP contribution in [-0.4, -0.2) is 58.0 Å². The molecule has 1 saturated heterocycles. The average Bonchev–Trinajstić information content (AvgIpc) is 2.97. The fourth-order valence-corrected chi connectivity index (χ4v) is 3.15. The van der Waals surface area contributed by atoms with E-state index in [1.165, 1.54) is 4.90 Å². The van der Waals surface area contributed by atoms with Gasteiger partial charge in [-0.2, -0.15) is 0 Å². The Bertz CT molecular complexity index is 837. The van der Waals surface area contributed by atoms with Crippen molar-refractivity contribution in [1.29, 1.82) is 0 Å². The number of ketones is 1. The summed E-state index contributed by atoms with van der Waals surface area (Å²) in [6.07, 6.45) is 3.19. The van der Waals surface area contributed by atoms with Gasteiger partial charge >= 0.3 is 0 Å². The zero-order valence-corrected chi connectivity index (χ0v) is 14.7. The second kappa shape index (κ2) is 8.57. The van der Waals surface area contributed by atoms with E-state index >= 15 is 0 Å². The molecule has 0 spiro atoms. The summed E-state index contributed by atoms with van der Waals surface area (Å²) in [4.78, 5) is 30.9. The minimum absolute atomic E-state index is 0.0150. The number of aromatic nitrogens is 1. The van der Waals surface area contributed by atoms with Crippen LogP contribution in [0.3, 0.4) is 0 Å². The summed E-state index contributed by atoms with van der Waals surface area (Å²) < 4.78 is 0. The highest BCUT2D eigenvalue weighted by Gasteiger charge is 2.45. The van der Waals surface area contributed by atoms with Gasteiger partial charge in [0.05, 0.1) is 18.2 Å². The van der Waals surface area contributed by atoms with Gasteiger partial charge in [-0.15, -0.1) is 0 Å². The second-order valence-corrected chi connectivity index (χ2v) is 6.12. The third-order valence-electron chi connectivity index (χ3n) is 4.41. The molecule has 1 aromatic heterocycles. The van der Waals surface area contributed by atoms with Crippen molar-refractivity contribution in [2.75, 3.05) is 26.2 Å². The Balaban J connectivity index is 2.03. The molecule has 0 aliphatic carbocycles. The fourth-order valence-electron chi connectivity index (χ4n) is 3.15. The minimum atomic E-state index is -0.715. The normalized spacial score (nSPS) is 18.9. The molecule has 1 amide bonds. The van der Waals surface area contributed by atoms with Crippen molar-refractivity contribution in [1.82, 2.24) is 15.2 Å². The van der Waals surface area contributed by atoms with E-state index in [0.29, 0.717) is 24.2 Å². The summed E-state index contributed by atoms with van der Waals surface area (Å²) in [5, 5.41) is 22.7. The van der Waals surface area contributed by atoms with Crippen molar-refractivity contribution in [3.05, 3.63) is 71.6 Å². The Kier molecular flexibility index (Phi) is 5.95. The maximum atomic E-state index is 12.7. The standard InChI is InChI=1S/C20H21N3O4/c24-12-10-21-9-11-23-17(15-7-4-8-22-13-15)16(19(26)20(23)27)18(25)14-5-2-1-3-6-14/h1-8,13,17,21,24-25H,9-12H2. The molecule has 7 heteroatoms. The predicted molar refractivity (Wildman–Crippen MR) is 99.6 cm³/mol. The van der Waals surface area contributed by atoms with Crippen LogP contribution < -0.4 is 5.32 Å². The van der Waals surface area contributed by atoms with Crippen molar-refractivity contribution in [3.63, 3.8) is 0 Å². The van der Waals surface area contributed by atoms with E-state index in [-0.39, 0.29) is 24.5 Å². The van der Waals surface area contributed by atoms with Gasteiger partial charge < -0.3 is 20.4 Å². The number of hydrogen-bond acceptors (Lipinski definition) is 6. The molecule has 3 rings (SSSR count). The number of nitrogens with zero attached hydrogens (tertiary/aromatic N) is 2. The Morgan fingerprint density at radius 1 is 1.11 bits per heavy atom. The van der Waals surface area contributed by atoms with E-state index < -0.39 is 17.7 Å². The van der Waals surface area contributed by atoms with Crippen LogP contribution in [0.15, 0.2) is 60.4 Å². The number of aliphatic hydroxyl groups is 2. The summed E-state index contributed by atoms with van der Waals surface area (Å²) in [7, 11) is 0. The van der Waals surface area contributed by atoms with Gasteiger partial charge in [-0.3, -0.25) is 14.6 Å². The molecule has 0 saturated carbocycles. The maximum absolute atomic E-state index is 12.7. The number of carbonyl (C=O) groups is 2. The molecule has 1 unspecified atom stereocenters. The average molecular weight is 367 g/mol. The highest BCUT2D eigenvalue weighted by molar-refractivity contribution is 6.46. The lowest BCUT2D eigenvalue weighted by atomic mass is 9.96. The smallest absolute Gasteiger partial charge is 0.295 e. The largest absolute Gasteiger partial charge is 0.507 e. The summed E-state index contributed by atoms with van der Waals surface area (Å²) in [6.45, 7) is 1.05. The van der Waals surface area contributed by atoms with Crippen LogP contribution in [0, 0.1) is 0 Å². The number of likely N-dealkylation sites (tertiary alicyclic amines) is 1. The molecule has 2 heterocycles. The van der Waals surface area contributed by atoms with Crippen LogP contribution in [0.2, 0.25) is 0 Å². The van der Waals surface area contributed by atoms with Crippen LogP contribution in [-0.2, 0) is 9.59 Å². The van der Waals surface area contributed by atoms with Crippen LogP contribution >= 0.6 is 0 Å². The van der Waals surface area contributed by atoms with E-state index in [4.69, 9.17) is 5.11 Å². The maximum Gasteiger partial charge on any atom is 0.295 e. The molecule has 27 heavy (non-hydrogen) atoms. The van der Waals surface area contributed by atoms with Gasteiger partial charge in [0.2, 0.25) is 0 Å². The van der Waals surface area contributed by atoms with Gasteiger partial charge in [0.1, 0.15) is 5.76 Å². The van der Waals surface area contributed by atoms with Gasteiger partial charge in [-0.1, -0.05) is 36.4 Å². The lowest BCUT2D eigenvalue weighted by Crippen LogP contribution is -2.36. The molecule has 0 radical (unpaired) electrons. The van der Waals surface area contributed by atoms with E-state index in [9.17, 15) is 14.7 Å². The first-order chi connectivity index (χ1) is 13.1. The lowest BCUT2D eigenvalue weighted by molar-refractivity contribution is -0.139. The first-order valence-corrected chi connectivity index (χ1v) is 8.70. The fraction of sp³-hybridized carbons (Fsp3) is 0.250. The summed E-state index contributed by atoms with van der Waals surface area (Å²) in [6, 6.07) is 11.5. The van der Waals surface area contributed by atoms with Crippen molar-refractivity contribution in [2.24, 2.45) is 0 Å². The zero-order valence-electron chi connectivity index (χ0n) is 14.7. The molecule has 140 valence electrons. The Hall–Kier alpha value is -3.03. The molecule has 0 bridgehead atoms. The minimum Gasteiger partial charge on any atom is -0.507 e. The summed E-state index contributed by atoms with van der Waals surface area (Å²) in [5.74, 6) is -1.58. The monoisotopic (exact) mass is 367 g/mol. The quantitative estimate of drug-likeness (QED) is 0.293. The number of nitrogens with one attached hydrogen (secondary N) is 1. The van der Waals surface area contributed by atoms with Gasteiger partial charge in [0.15, 0.2) is 0 Å². The number of Topliss-reactive ketones (excluding diaryl/α,β-unsaturated/α-hetero) is 1. The molecule has 1 fully saturated rings. The highest BCUT2D eigenvalue weighted by atomic mass is 16.3. The molecule has 1 aliphatic rings. The van der Waals surface area contributed by atoms with Crippen molar-refractivity contribution in [2.45, 2.75) is 6.04 Å². The molecule has 1 aromatic carbocycles. The number of carbonyl (C=O) groups excluding carboxylic acids is 2. The van der Waals surface area contributed by atoms with Crippen molar-refractivity contribution >= 4 is 17.4 Å². The molecule has 1 atom stereocenters. The van der Waals surface area contributed by atoms with Crippen LogP contribution in [0.1, 0.15) is 17.2 Å². The summed E-state index contributed by atoms with van der Waals surface area (Å²) in [5.41, 5.74) is 1.18. The van der Waals surface area contributed by atoms with E-state index in [2.05, 4.69) is 10.3 Å². The van der Waals surface area contributed by atoms with Gasteiger partial charge in [-0.25, -0.2) is 0 Å². The first-order valence-electron chi connectivity index (χ1n) is 8.70. The van der Waals surface area contributed by atoms with Crippen LogP contribution in [0.5, 0.6) is 0 Å². The molecule has 2 aromatic rings. The Morgan fingerprint density at radius 3 is 2.56 bits per heavy atom. The number of hydrogen-bond donors (Lipinski definition) is 3. The predicted octanol–water partition coefficient (Wildman–Crippen LogP) is 1.09. The molecular weight excluding hydrogens is 346 g/mol. The Labute approximate surface area is 157 Å². The van der Waals surface area contributed by atoms with Crippen LogP contribution in [0.25, 0.3) is 5.76 Å². The van der Waals surface area contributed by atoms with Gasteiger partial charge in [0, 0.05) is 37.6 Å². The lowest BCUT2D eigenvalue weighted by Gasteiger charge is -2.25. The second-order valence-electron chi connectivity index (χ2n) is 6.12. The number of benzene rings is 1. The SMILES string of the molecule is O=C1C(=O)N(CCNCCO)C(c2cccnc2)C1=C(O)c1ccccc1. The molecule has 1 aliphatic heterocycles. The number of pyridine rings is 1. The van der Waals surface area contributed by atoms with Crippen LogP contribution in [0.4, 0.5) is 0 Å². The number of amides is 1. The zero-order chi connectivity index (χ0) is 19.2. The Morgan fingerprint density at radius 2 is 1.89 bits per heavy atom. The molecular formula is C20H21N3O4. The topological polar surface area (TPSA) is 103 Å². The third-order valence-corrected chi connectivity index (χ3v) is 4.41. The third kappa shape index (κ3) is 3.89. The molecule has 3 N–H and O–H groups in total. The number of rotatable bonds is 7. The molecule has 7 nitrogen and oxygen atoms in total. The van der Waals surface area contributed by atoms with Gasteiger partial charge in [0.25, 0.3) is 11.7 Å². The van der Waals surface area contributed by atoms with E-state index in [1.54, 1.807) is 54.9 Å². The van der Waals surface area contributed by atoms with E-state index in [0.717, 1.165) is 0 Å². The van der Waals surface area contributed by atoms with E-state index in [1.807, 2.05) is 0 Å². The van der Waals surface area contributed by atoms with Gasteiger partial charge in [-0.05, 0) is 11.6 Å². The summed E-state index contributed by atoms with van der Waals surface area (Å²) >= 11 is 0. The van der Waals surface area contributed by atoms with Crippen molar-refractivity contribution in [3.8, 4) is 0 Å². The highest BCUT2D eigenvalue weighted by Crippen LogP contribution is 2.38. The first kappa shape index (κ1) is 18.8. The van der Waals surface area contributed by atoms with Crippen molar-refractivity contribution < 1.29 is 19.8 Å².